The zero-order valence-electron chi connectivity index (χ0n) is 25.8. The lowest BCUT2D eigenvalue weighted by atomic mass is 9.94. The van der Waals surface area contributed by atoms with Gasteiger partial charge in [0.1, 0.15) is 0 Å². The van der Waals surface area contributed by atoms with Crippen molar-refractivity contribution in [1.29, 1.82) is 5.26 Å². The Labute approximate surface area is 277 Å². The van der Waals surface area contributed by atoms with E-state index in [9.17, 15) is 5.26 Å². The Bertz CT molecular complexity index is 2680. The average molecular weight is 611 g/mol. The highest BCUT2D eigenvalue weighted by atomic mass is 15.0. The van der Waals surface area contributed by atoms with Gasteiger partial charge in [-0.3, -0.25) is 0 Å². The number of nitrogens with zero attached hydrogens (tertiary/aromatic N) is 4. The molecule has 2 aromatic heterocycles. The fraction of sp³-hybridized carbons (Fsp3) is 0. The number of fused-ring (bicyclic) bond motifs is 6. The Morgan fingerprint density at radius 1 is 0.458 bits per heavy atom. The molecule has 0 aliphatic heterocycles. The minimum Gasteiger partial charge on any atom is -0.318 e. The van der Waals surface area contributed by atoms with E-state index in [1.165, 1.54) is 21.8 Å². The van der Waals surface area contributed by atoms with Crippen molar-refractivity contribution in [3.05, 3.63) is 175 Å². The topological polar surface area (TPSA) is 38.0 Å². The van der Waals surface area contributed by atoms with Crippen LogP contribution in [0.25, 0.3) is 82.1 Å². The Morgan fingerprint density at radius 2 is 0.875 bits per heavy atom. The molecule has 9 aromatic rings. The molecule has 0 atom stereocenters. The number of para-hydroxylation sites is 4. The maximum atomic E-state index is 10.3. The summed E-state index contributed by atoms with van der Waals surface area (Å²) in [5.74, 6) is 0. The number of hydrogen-bond acceptors (Lipinski definition) is 1. The average Bonchev–Trinajstić information content (AvgIpc) is 3.67. The maximum absolute atomic E-state index is 10.3. The van der Waals surface area contributed by atoms with Gasteiger partial charge in [0.05, 0.1) is 46.0 Å². The highest BCUT2D eigenvalue weighted by Crippen LogP contribution is 2.43. The van der Waals surface area contributed by atoms with E-state index in [0.717, 1.165) is 55.4 Å². The second-order valence-corrected chi connectivity index (χ2v) is 11.9. The van der Waals surface area contributed by atoms with Gasteiger partial charge in [-0.05, 0) is 53.1 Å². The lowest BCUT2D eigenvalue weighted by Gasteiger charge is -2.18. The van der Waals surface area contributed by atoms with Crippen LogP contribution in [-0.2, 0) is 0 Å². The van der Waals surface area contributed by atoms with Gasteiger partial charge in [-0.15, -0.1) is 0 Å². The smallest absolute Gasteiger partial charge is 0.211 e. The van der Waals surface area contributed by atoms with E-state index in [0.29, 0.717) is 11.3 Å². The van der Waals surface area contributed by atoms with Gasteiger partial charge in [0.2, 0.25) is 5.69 Å². The van der Waals surface area contributed by atoms with Gasteiger partial charge in [0.15, 0.2) is 0 Å². The standard InChI is InChI=1S/C44H26N4/c1-46-38-27-24-32(28-45)43(44(38)48-41-16-8-4-12-36(41)37-13-5-9-17-42(37)48)31-20-18-29(19-21-31)30-22-25-33(26-23-30)47-39-14-6-2-10-34(39)35-11-3-7-15-40(35)47/h2-27H. The molecule has 0 radical (unpaired) electrons. The second-order valence-electron chi connectivity index (χ2n) is 11.9. The summed E-state index contributed by atoms with van der Waals surface area (Å²) in [4.78, 5) is 3.95. The molecule has 0 amide bonds. The molecule has 48 heavy (non-hydrogen) atoms. The second kappa shape index (κ2) is 10.9. The molecule has 2 heterocycles. The fourth-order valence-corrected chi connectivity index (χ4v) is 7.28. The predicted molar refractivity (Wildman–Crippen MR) is 197 cm³/mol. The van der Waals surface area contributed by atoms with Gasteiger partial charge < -0.3 is 9.13 Å². The van der Waals surface area contributed by atoms with Crippen molar-refractivity contribution in [3.8, 4) is 39.7 Å². The SMILES string of the molecule is [C-]#[N+]c1ccc(C#N)c(-c2ccc(-c3ccc(-n4c5ccccc5c5ccccc54)cc3)cc2)c1-n1c2ccccc2c2ccccc21. The molecule has 222 valence electrons. The van der Waals surface area contributed by atoms with Crippen molar-refractivity contribution < 1.29 is 0 Å². The molecule has 9 rings (SSSR count). The summed E-state index contributed by atoms with van der Waals surface area (Å²) in [5.41, 5.74) is 11.1. The fourth-order valence-electron chi connectivity index (χ4n) is 7.28. The van der Waals surface area contributed by atoms with Crippen LogP contribution in [0, 0.1) is 17.9 Å². The number of hydrogen-bond donors (Lipinski definition) is 0. The van der Waals surface area contributed by atoms with Crippen molar-refractivity contribution in [2.24, 2.45) is 0 Å². The van der Waals surface area contributed by atoms with E-state index in [1.54, 1.807) is 12.1 Å². The van der Waals surface area contributed by atoms with Gasteiger partial charge in [0, 0.05) is 32.8 Å². The summed E-state index contributed by atoms with van der Waals surface area (Å²) in [5, 5.41) is 15.0. The monoisotopic (exact) mass is 610 g/mol. The van der Waals surface area contributed by atoms with E-state index in [1.807, 2.05) is 24.3 Å². The first kappa shape index (κ1) is 27.4. The summed E-state index contributed by atoms with van der Waals surface area (Å²) in [7, 11) is 0. The number of benzene rings is 7. The van der Waals surface area contributed by atoms with Crippen molar-refractivity contribution in [2.45, 2.75) is 0 Å². The van der Waals surface area contributed by atoms with Crippen LogP contribution in [0.2, 0.25) is 0 Å². The molecule has 4 heteroatoms. The van der Waals surface area contributed by atoms with Crippen molar-refractivity contribution in [3.63, 3.8) is 0 Å². The largest absolute Gasteiger partial charge is 0.318 e. The molecule has 0 bridgehead atoms. The quantitative estimate of drug-likeness (QED) is 0.183. The van der Waals surface area contributed by atoms with Crippen LogP contribution in [0.3, 0.4) is 0 Å². The molecule has 0 spiro atoms. The third-order valence-electron chi connectivity index (χ3n) is 9.41. The number of aromatic nitrogens is 2. The Balaban J connectivity index is 1.16. The molecule has 0 aliphatic rings. The van der Waals surface area contributed by atoms with Gasteiger partial charge in [-0.25, -0.2) is 4.85 Å². The first-order valence-corrected chi connectivity index (χ1v) is 15.9. The zero-order valence-corrected chi connectivity index (χ0v) is 25.8. The van der Waals surface area contributed by atoms with E-state index in [2.05, 4.69) is 141 Å². The van der Waals surface area contributed by atoms with Crippen LogP contribution in [0.4, 0.5) is 5.69 Å². The third-order valence-corrected chi connectivity index (χ3v) is 9.41. The Hall–Kier alpha value is -6.88. The normalized spacial score (nSPS) is 11.3. The minimum atomic E-state index is 0.500. The number of nitriles is 1. The van der Waals surface area contributed by atoms with Gasteiger partial charge in [-0.1, -0.05) is 121 Å². The van der Waals surface area contributed by atoms with Gasteiger partial charge >= 0.3 is 0 Å². The summed E-state index contributed by atoms with van der Waals surface area (Å²) in [6, 6.07) is 56.5. The molecule has 0 aliphatic carbocycles. The van der Waals surface area contributed by atoms with Crippen LogP contribution in [0.5, 0.6) is 0 Å². The lowest BCUT2D eigenvalue weighted by Crippen LogP contribution is -2.00. The van der Waals surface area contributed by atoms with Crippen molar-refractivity contribution in [2.75, 3.05) is 0 Å². The van der Waals surface area contributed by atoms with E-state index in [4.69, 9.17) is 6.57 Å². The Kier molecular flexibility index (Phi) is 6.22. The minimum absolute atomic E-state index is 0.500. The summed E-state index contributed by atoms with van der Waals surface area (Å²) >= 11 is 0. The molecule has 0 unspecified atom stereocenters. The number of rotatable bonds is 4. The molecular formula is C44H26N4. The van der Waals surface area contributed by atoms with Crippen molar-refractivity contribution >= 4 is 49.3 Å². The highest BCUT2D eigenvalue weighted by Gasteiger charge is 2.21. The van der Waals surface area contributed by atoms with E-state index >= 15 is 0 Å². The van der Waals surface area contributed by atoms with Gasteiger partial charge in [-0.2, -0.15) is 5.26 Å². The van der Waals surface area contributed by atoms with Gasteiger partial charge in [0.25, 0.3) is 0 Å². The van der Waals surface area contributed by atoms with Crippen molar-refractivity contribution in [1.82, 2.24) is 9.13 Å². The van der Waals surface area contributed by atoms with Crippen LogP contribution in [0.15, 0.2) is 158 Å². The molecule has 0 saturated heterocycles. The molecule has 0 N–H and O–H groups in total. The third kappa shape index (κ3) is 4.07. The molecular weight excluding hydrogens is 585 g/mol. The predicted octanol–water partition coefficient (Wildman–Crippen LogP) is 11.6. The molecule has 0 fully saturated rings. The van der Waals surface area contributed by atoms with E-state index < -0.39 is 0 Å². The van der Waals surface area contributed by atoms with Crippen LogP contribution >= 0.6 is 0 Å². The highest BCUT2D eigenvalue weighted by molar-refractivity contribution is 6.11. The molecule has 7 aromatic carbocycles. The summed E-state index contributed by atoms with van der Waals surface area (Å²) < 4.78 is 4.47. The first-order chi connectivity index (χ1) is 23.7. The summed E-state index contributed by atoms with van der Waals surface area (Å²) in [6.07, 6.45) is 0. The summed E-state index contributed by atoms with van der Waals surface area (Å²) in [6.45, 7) is 8.12. The van der Waals surface area contributed by atoms with E-state index in [-0.39, 0.29) is 0 Å². The van der Waals surface area contributed by atoms with Crippen LogP contribution in [0.1, 0.15) is 5.56 Å². The first-order valence-electron chi connectivity index (χ1n) is 15.9. The zero-order chi connectivity index (χ0) is 32.2. The maximum Gasteiger partial charge on any atom is 0.211 e. The lowest BCUT2D eigenvalue weighted by molar-refractivity contribution is 1.18. The van der Waals surface area contributed by atoms with Crippen LogP contribution < -0.4 is 0 Å². The molecule has 0 saturated carbocycles. The molecule has 4 nitrogen and oxygen atoms in total. The Morgan fingerprint density at radius 3 is 1.33 bits per heavy atom. The van der Waals surface area contributed by atoms with Crippen LogP contribution in [-0.4, -0.2) is 9.13 Å².